The molecule has 3 rings (SSSR count). The number of halogens is 5. The van der Waals surface area contributed by atoms with Crippen molar-refractivity contribution < 1.29 is 22.4 Å². The van der Waals surface area contributed by atoms with E-state index in [-0.39, 0.29) is 31.1 Å². The standard InChI is InChI=1S/C26H33ClF4N2O/c1-4-21(27)16-32-17(2)25(33-23(34)19-10-11-19,13-18-8-6-5-7-9-18)20-12-22(28)15-24(3,14-20)26(29,30)31/h4-9,16-17,19-20,22H,10-15H2,1-3H3,(H,33,34)/b21-4+,32-16?. The fraction of sp³-hybridized carbons (Fsp3) is 0.615. The van der Waals surface area contributed by atoms with E-state index in [1.54, 1.807) is 19.9 Å². The molecule has 1 aromatic carbocycles. The van der Waals surface area contributed by atoms with Crippen LogP contribution in [0.1, 0.15) is 58.4 Å². The molecule has 1 amide bonds. The van der Waals surface area contributed by atoms with Crippen molar-refractivity contribution in [2.75, 3.05) is 0 Å². The summed E-state index contributed by atoms with van der Waals surface area (Å²) in [7, 11) is 0. The van der Waals surface area contributed by atoms with Gasteiger partial charge in [-0.1, -0.05) is 54.9 Å². The molecular weight excluding hydrogens is 468 g/mol. The fourth-order valence-corrected chi connectivity index (χ4v) is 5.16. The van der Waals surface area contributed by atoms with E-state index in [9.17, 15) is 22.4 Å². The maximum absolute atomic E-state index is 15.0. The third kappa shape index (κ3) is 6.02. The van der Waals surface area contributed by atoms with Gasteiger partial charge in [-0.3, -0.25) is 9.79 Å². The van der Waals surface area contributed by atoms with E-state index in [0.29, 0.717) is 5.03 Å². The molecule has 2 aliphatic rings. The van der Waals surface area contributed by atoms with E-state index in [0.717, 1.165) is 25.3 Å². The number of carbonyl (C=O) groups excluding carboxylic acids is 1. The minimum Gasteiger partial charge on any atom is -0.348 e. The van der Waals surface area contributed by atoms with E-state index in [1.165, 1.54) is 6.21 Å². The molecule has 0 aromatic heterocycles. The van der Waals surface area contributed by atoms with Crippen molar-refractivity contribution in [3.8, 4) is 0 Å². The molecule has 0 aliphatic heterocycles. The summed E-state index contributed by atoms with van der Waals surface area (Å²) in [5.41, 5.74) is -2.56. The Morgan fingerprint density at radius 1 is 1.26 bits per heavy atom. The van der Waals surface area contributed by atoms with E-state index >= 15 is 0 Å². The SMILES string of the molecule is C/C=C(/Cl)C=NC(C)C(Cc1ccccc1)(NC(=O)C1CC1)C1CC(F)CC(C)(C(F)(F)F)C1. The number of alkyl halides is 4. The highest BCUT2D eigenvalue weighted by Gasteiger charge is 2.59. The fourth-order valence-electron chi connectivity index (χ4n) is 5.10. The first-order valence-corrected chi connectivity index (χ1v) is 12.2. The van der Waals surface area contributed by atoms with E-state index in [4.69, 9.17) is 11.6 Å². The number of carbonyl (C=O) groups is 1. The minimum absolute atomic E-state index is 0.0688. The molecule has 2 fully saturated rings. The van der Waals surface area contributed by atoms with Gasteiger partial charge in [-0.2, -0.15) is 13.2 Å². The predicted molar refractivity (Wildman–Crippen MR) is 128 cm³/mol. The Hall–Kier alpha value is -1.89. The number of nitrogens with one attached hydrogen (secondary N) is 1. The summed E-state index contributed by atoms with van der Waals surface area (Å²) in [4.78, 5) is 17.6. The van der Waals surface area contributed by atoms with Crippen molar-refractivity contribution in [1.29, 1.82) is 0 Å². The number of allylic oxidation sites excluding steroid dienone is 2. The van der Waals surface area contributed by atoms with Gasteiger partial charge in [0.05, 0.1) is 22.0 Å². The topological polar surface area (TPSA) is 41.5 Å². The maximum Gasteiger partial charge on any atom is 0.394 e. The number of benzene rings is 1. The average molecular weight is 501 g/mol. The first kappa shape index (κ1) is 26.7. The van der Waals surface area contributed by atoms with Crippen LogP contribution < -0.4 is 5.32 Å². The maximum atomic E-state index is 15.0. The lowest BCUT2D eigenvalue weighted by Crippen LogP contribution is -2.64. The summed E-state index contributed by atoms with van der Waals surface area (Å²) in [6.45, 7) is 4.60. The first-order valence-electron chi connectivity index (χ1n) is 11.8. The van der Waals surface area contributed by atoms with Crippen LogP contribution >= 0.6 is 11.6 Å². The third-order valence-corrected chi connectivity index (χ3v) is 7.72. The molecular formula is C26H33ClF4N2O. The van der Waals surface area contributed by atoms with Crippen molar-refractivity contribution in [3.63, 3.8) is 0 Å². The Balaban J connectivity index is 2.11. The zero-order chi connectivity index (χ0) is 25.1. The van der Waals surface area contributed by atoms with Crippen LogP contribution in [0.5, 0.6) is 0 Å². The van der Waals surface area contributed by atoms with Crippen LogP contribution in [-0.4, -0.2) is 36.1 Å². The van der Waals surface area contributed by atoms with Gasteiger partial charge in [-0.05, 0) is 63.9 Å². The Bertz CT molecular complexity index is 915. The van der Waals surface area contributed by atoms with Gasteiger partial charge in [0.2, 0.25) is 5.91 Å². The lowest BCUT2D eigenvalue weighted by Gasteiger charge is -2.51. The minimum atomic E-state index is -4.56. The number of aliphatic imine (C=N–C) groups is 1. The van der Waals surface area contributed by atoms with E-state index < -0.39 is 41.7 Å². The quantitative estimate of drug-likeness (QED) is 0.309. The van der Waals surface area contributed by atoms with Gasteiger partial charge in [0.25, 0.3) is 0 Å². The van der Waals surface area contributed by atoms with Crippen molar-refractivity contribution in [3.05, 3.63) is 47.0 Å². The zero-order valence-electron chi connectivity index (χ0n) is 19.8. The zero-order valence-corrected chi connectivity index (χ0v) is 20.6. The largest absolute Gasteiger partial charge is 0.394 e. The lowest BCUT2D eigenvalue weighted by atomic mass is 9.60. The van der Waals surface area contributed by atoms with Gasteiger partial charge in [0, 0.05) is 12.1 Å². The molecule has 2 saturated carbocycles. The molecule has 0 saturated heterocycles. The Morgan fingerprint density at radius 3 is 2.47 bits per heavy atom. The van der Waals surface area contributed by atoms with Crippen molar-refractivity contribution >= 4 is 23.7 Å². The third-order valence-electron chi connectivity index (χ3n) is 7.41. The molecule has 5 atom stereocenters. The van der Waals surface area contributed by atoms with Crippen molar-refractivity contribution in [2.24, 2.45) is 22.2 Å². The van der Waals surface area contributed by atoms with Crippen LogP contribution in [0.2, 0.25) is 0 Å². The molecule has 3 nitrogen and oxygen atoms in total. The van der Waals surface area contributed by atoms with Gasteiger partial charge in [-0.25, -0.2) is 4.39 Å². The summed E-state index contributed by atoms with van der Waals surface area (Å²) in [5, 5.41) is 3.49. The summed E-state index contributed by atoms with van der Waals surface area (Å²) in [6.07, 6.45) is -2.29. The van der Waals surface area contributed by atoms with E-state index in [2.05, 4.69) is 10.3 Å². The molecule has 0 heterocycles. The molecule has 0 bridgehead atoms. The predicted octanol–water partition coefficient (Wildman–Crippen LogP) is 6.80. The summed E-state index contributed by atoms with van der Waals surface area (Å²) in [6, 6.07) is 8.62. The second-order valence-corrected chi connectivity index (χ2v) is 10.5. The van der Waals surface area contributed by atoms with Gasteiger partial charge in [-0.15, -0.1) is 0 Å². The number of amides is 1. The molecule has 5 unspecified atom stereocenters. The lowest BCUT2D eigenvalue weighted by molar-refractivity contribution is -0.241. The second kappa shape index (κ2) is 10.4. The molecule has 2 aliphatic carbocycles. The number of hydrogen-bond acceptors (Lipinski definition) is 2. The highest BCUT2D eigenvalue weighted by Crippen LogP contribution is 2.54. The Labute approximate surface area is 204 Å². The van der Waals surface area contributed by atoms with Crippen LogP contribution in [0.4, 0.5) is 17.6 Å². The summed E-state index contributed by atoms with van der Waals surface area (Å²) in [5.74, 6) is -1.14. The molecule has 0 radical (unpaired) electrons. The summed E-state index contributed by atoms with van der Waals surface area (Å²) >= 11 is 6.12. The van der Waals surface area contributed by atoms with E-state index in [1.807, 2.05) is 30.3 Å². The first-order chi connectivity index (χ1) is 15.9. The Kier molecular flexibility index (Phi) is 8.16. The van der Waals surface area contributed by atoms with Crippen LogP contribution in [-0.2, 0) is 11.2 Å². The molecule has 8 heteroatoms. The van der Waals surface area contributed by atoms with Gasteiger partial charge < -0.3 is 5.32 Å². The van der Waals surface area contributed by atoms with Crippen molar-refractivity contribution in [1.82, 2.24) is 5.32 Å². The Morgan fingerprint density at radius 2 is 1.91 bits per heavy atom. The van der Waals surface area contributed by atoms with Gasteiger partial charge in [0.15, 0.2) is 0 Å². The number of hydrogen-bond donors (Lipinski definition) is 1. The normalized spacial score (nSPS) is 29.0. The average Bonchev–Trinajstić information content (AvgIpc) is 3.61. The molecule has 34 heavy (non-hydrogen) atoms. The summed E-state index contributed by atoms with van der Waals surface area (Å²) < 4.78 is 57.2. The molecule has 0 spiro atoms. The molecule has 188 valence electrons. The van der Waals surface area contributed by atoms with Crippen LogP contribution in [0.25, 0.3) is 0 Å². The van der Waals surface area contributed by atoms with Gasteiger partial charge in [0.1, 0.15) is 6.17 Å². The molecule has 1 aromatic rings. The van der Waals surface area contributed by atoms with Crippen LogP contribution in [0, 0.1) is 17.3 Å². The van der Waals surface area contributed by atoms with Crippen molar-refractivity contribution in [2.45, 2.75) is 83.2 Å². The monoisotopic (exact) mass is 500 g/mol. The smallest absolute Gasteiger partial charge is 0.348 e. The highest BCUT2D eigenvalue weighted by molar-refractivity contribution is 6.39. The number of nitrogens with zero attached hydrogens (tertiary/aromatic N) is 1. The van der Waals surface area contributed by atoms with Gasteiger partial charge >= 0.3 is 6.18 Å². The van der Waals surface area contributed by atoms with Crippen LogP contribution in [0.15, 0.2) is 46.4 Å². The number of rotatable bonds is 8. The van der Waals surface area contributed by atoms with Crippen LogP contribution in [0.3, 0.4) is 0 Å². The molecule has 1 N–H and O–H groups in total. The second-order valence-electron chi connectivity index (χ2n) is 10.1. The highest BCUT2D eigenvalue weighted by atomic mass is 35.5.